The van der Waals surface area contributed by atoms with E-state index in [0.717, 1.165) is 5.69 Å². The van der Waals surface area contributed by atoms with Crippen LogP contribution in [0.2, 0.25) is 0 Å². The molecule has 0 atom stereocenters. The van der Waals surface area contributed by atoms with Crippen molar-refractivity contribution in [2.75, 3.05) is 17.2 Å². The van der Waals surface area contributed by atoms with Crippen molar-refractivity contribution in [1.29, 1.82) is 0 Å². The van der Waals surface area contributed by atoms with Gasteiger partial charge in [-0.25, -0.2) is 15.0 Å². The Morgan fingerprint density at radius 3 is 2.57 bits per heavy atom. The van der Waals surface area contributed by atoms with Crippen molar-refractivity contribution < 1.29 is 4.92 Å². The van der Waals surface area contributed by atoms with E-state index in [1.54, 1.807) is 19.2 Å². The number of nitrogens with one attached hydrogen (secondary N) is 2. The minimum absolute atomic E-state index is 0.0117. The van der Waals surface area contributed by atoms with Crippen molar-refractivity contribution in [3.05, 3.63) is 46.0 Å². The van der Waals surface area contributed by atoms with Crippen molar-refractivity contribution in [3.63, 3.8) is 0 Å². The third-order valence-corrected chi connectivity index (χ3v) is 2.66. The second kappa shape index (κ2) is 6.60. The van der Waals surface area contributed by atoms with E-state index >= 15 is 0 Å². The molecule has 8 heteroatoms. The number of rotatable bonds is 6. The molecule has 110 valence electrons. The molecule has 0 saturated heterocycles. The standard InChI is InChI=1S/C13H16N6O2/c1-3-14-12-6-11(19(20)21)7-13(18-12)16-8-10-4-5-15-9(2)17-10/h4-7H,3,8H2,1-2H3,(H2,14,16,18). The van der Waals surface area contributed by atoms with Crippen molar-refractivity contribution in [2.45, 2.75) is 20.4 Å². The smallest absolute Gasteiger partial charge is 0.276 e. The topological polar surface area (TPSA) is 106 Å². The first kappa shape index (κ1) is 14.6. The average Bonchev–Trinajstić information content (AvgIpc) is 2.45. The second-order valence-electron chi connectivity index (χ2n) is 4.33. The van der Waals surface area contributed by atoms with E-state index in [9.17, 15) is 10.1 Å². The number of anilines is 2. The molecule has 0 aliphatic heterocycles. The Morgan fingerprint density at radius 1 is 1.24 bits per heavy atom. The van der Waals surface area contributed by atoms with E-state index < -0.39 is 4.92 Å². The summed E-state index contributed by atoms with van der Waals surface area (Å²) in [7, 11) is 0. The van der Waals surface area contributed by atoms with Crippen LogP contribution in [0.25, 0.3) is 0 Å². The van der Waals surface area contributed by atoms with Crippen LogP contribution in [0.1, 0.15) is 18.4 Å². The third-order valence-electron chi connectivity index (χ3n) is 2.66. The van der Waals surface area contributed by atoms with E-state index in [1.165, 1.54) is 12.1 Å². The van der Waals surface area contributed by atoms with Gasteiger partial charge in [0.2, 0.25) is 0 Å². The number of hydrogen-bond acceptors (Lipinski definition) is 7. The van der Waals surface area contributed by atoms with Crippen LogP contribution in [0.15, 0.2) is 24.4 Å². The number of aromatic nitrogens is 3. The molecular weight excluding hydrogens is 272 g/mol. The molecule has 0 aliphatic carbocycles. The zero-order valence-electron chi connectivity index (χ0n) is 11.8. The van der Waals surface area contributed by atoms with Gasteiger partial charge in [-0.05, 0) is 19.9 Å². The number of aryl methyl sites for hydroxylation is 1. The highest BCUT2D eigenvalue weighted by Gasteiger charge is 2.11. The van der Waals surface area contributed by atoms with Gasteiger partial charge in [-0.3, -0.25) is 10.1 Å². The summed E-state index contributed by atoms with van der Waals surface area (Å²) in [6.45, 7) is 4.76. The lowest BCUT2D eigenvalue weighted by Crippen LogP contribution is -2.07. The van der Waals surface area contributed by atoms with E-state index in [4.69, 9.17) is 0 Å². The van der Waals surface area contributed by atoms with Crippen molar-refractivity contribution in [1.82, 2.24) is 15.0 Å². The molecule has 2 N–H and O–H groups in total. The van der Waals surface area contributed by atoms with Gasteiger partial charge in [0.1, 0.15) is 17.5 Å². The van der Waals surface area contributed by atoms with E-state index in [1.807, 2.05) is 6.92 Å². The van der Waals surface area contributed by atoms with E-state index in [0.29, 0.717) is 30.5 Å². The minimum Gasteiger partial charge on any atom is -0.370 e. The Morgan fingerprint density at radius 2 is 1.95 bits per heavy atom. The van der Waals surface area contributed by atoms with Crippen molar-refractivity contribution in [2.24, 2.45) is 0 Å². The molecular formula is C13H16N6O2. The zero-order chi connectivity index (χ0) is 15.2. The summed E-state index contributed by atoms with van der Waals surface area (Å²) in [5.41, 5.74) is 0.781. The molecule has 0 spiro atoms. The van der Waals surface area contributed by atoms with Crippen molar-refractivity contribution >= 4 is 17.3 Å². The van der Waals surface area contributed by atoms with Crippen LogP contribution >= 0.6 is 0 Å². The van der Waals surface area contributed by atoms with Gasteiger partial charge in [0.25, 0.3) is 5.69 Å². The highest BCUT2D eigenvalue weighted by atomic mass is 16.6. The Bertz CT molecular complexity index is 646. The lowest BCUT2D eigenvalue weighted by molar-refractivity contribution is -0.384. The first-order chi connectivity index (χ1) is 10.1. The Kier molecular flexibility index (Phi) is 4.60. The van der Waals surface area contributed by atoms with Gasteiger partial charge >= 0.3 is 0 Å². The number of pyridine rings is 1. The Labute approximate surface area is 121 Å². The Hall–Kier alpha value is -2.77. The quantitative estimate of drug-likeness (QED) is 0.619. The van der Waals surface area contributed by atoms with Gasteiger partial charge < -0.3 is 10.6 Å². The fourth-order valence-electron chi connectivity index (χ4n) is 1.77. The molecule has 21 heavy (non-hydrogen) atoms. The largest absolute Gasteiger partial charge is 0.370 e. The number of nitrogens with zero attached hydrogens (tertiary/aromatic N) is 4. The molecule has 0 bridgehead atoms. The van der Waals surface area contributed by atoms with E-state index in [-0.39, 0.29) is 5.69 Å². The number of nitro groups is 1. The highest BCUT2D eigenvalue weighted by Crippen LogP contribution is 2.20. The minimum atomic E-state index is -0.442. The molecule has 2 heterocycles. The van der Waals surface area contributed by atoms with Gasteiger partial charge in [-0.15, -0.1) is 0 Å². The molecule has 2 aromatic rings. The highest BCUT2D eigenvalue weighted by molar-refractivity contribution is 5.54. The first-order valence-corrected chi connectivity index (χ1v) is 6.51. The maximum atomic E-state index is 10.9. The van der Waals surface area contributed by atoms with Gasteiger partial charge in [0.05, 0.1) is 29.3 Å². The molecule has 0 radical (unpaired) electrons. The monoisotopic (exact) mass is 288 g/mol. The predicted octanol–water partition coefficient (Wildman–Crippen LogP) is 2.13. The molecule has 2 aromatic heterocycles. The molecule has 0 aliphatic rings. The third kappa shape index (κ3) is 4.10. The molecule has 0 aromatic carbocycles. The van der Waals surface area contributed by atoms with Gasteiger partial charge in [-0.2, -0.15) is 0 Å². The molecule has 0 fully saturated rings. The summed E-state index contributed by atoms with van der Waals surface area (Å²) in [5.74, 6) is 1.57. The summed E-state index contributed by atoms with van der Waals surface area (Å²) in [6.07, 6.45) is 1.67. The normalized spacial score (nSPS) is 10.2. The average molecular weight is 288 g/mol. The van der Waals surface area contributed by atoms with Crippen LogP contribution < -0.4 is 10.6 Å². The molecule has 0 amide bonds. The summed E-state index contributed by atoms with van der Waals surface area (Å²) >= 11 is 0. The van der Waals surface area contributed by atoms with Gasteiger partial charge in [0.15, 0.2) is 0 Å². The van der Waals surface area contributed by atoms with Crippen LogP contribution in [0.4, 0.5) is 17.3 Å². The van der Waals surface area contributed by atoms with Crippen molar-refractivity contribution in [3.8, 4) is 0 Å². The lowest BCUT2D eigenvalue weighted by Gasteiger charge is -2.08. The van der Waals surface area contributed by atoms with Gasteiger partial charge in [-0.1, -0.05) is 0 Å². The summed E-state index contributed by atoms with van der Waals surface area (Å²) in [6, 6.07) is 4.58. The summed E-state index contributed by atoms with van der Waals surface area (Å²) < 4.78 is 0. The van der Waals surface area contributed by atoms with Crippen LogP contribution in [0, 0.1) is 17.0 Å². The second-order valence-corrected chi connectivity index (χ2v) is 4.33. The van der Waals surface area contributed by atoms with Crippen LogP contribution in [0.5, 0.6) is 0 Å². The number of hydrogen-bond donors (Lipinski definition) is 2. The SMILES string of the molecule is CCNc1cc([N+](=O)[O-])cc(NCc2ccnc(C)n2)n1. The maximum Gasteiger partial charge on any atom is 0.276 e. The van der Waals surface area contributed by atoms with E-state index in [2.05, 4.69) is 25.6 Å². The summed E-state index contributed by atoms with van der Waals surface area (Å²) in [4.78, 5) is 23.0. The van der Waals surface area contributed by atoms with Crippen LogP contribution in [-0.4, -0.2) is 26.4 Å². The fourth-order valence-corrected chi connectivity index (χ4v) is 1.77. The molecule has 8 nitrogen and oxygen atoms in total. The lowest BCUT2D eigenvalue weighted by atomic mass is 10.3. The zero-order valence-corrected chi connectivity index (χ0v) is 11.8. The Balaban J connectivity index is 2.16. The summed E-state index contributed by atoms with van der Waals surface area (Å²) in [5, 5.41) is 16.9. The fraction of sp³-hybridized carbons (Fsp3) is 0.308. The molecule has 2 rings (SSSR count). The van der Waals surface area contributed by atoms with Gasteiger partial charge in [0, 0.05) is 12.7 Å². The molecule has 0 unspecified atom stereocenters. The molecule has 0 saturated carbocycles. The predicted molar refractivity (Wildman–Crippen MR) is 79.2 cm³/mol. The van der Waals surface area contributed by atoms with Crippen LogP contribution in [-0.2, 0) is 6.54 Å². The van der Waals surface area contributed by atoms with Crippen LogP contribution in [0.3, 0.4) is 0 Å². The maximum absolute atomic E-state index is 10.9. The first-order valence-electron chi connectivity index (χ1n) is 6.51.